The molecule has 1 rings (SSSR count). The zero-order valence-corrected chi connectivity index (χ0v) is 9.54. The Kier molecular flexibility index (Phi) is 4.19. The van der Waals surface area contributed by atoms with Gasteiger partial charge in [0, 0.05) is 26.6 Å². The molecule has 1 aromatic rings. The summed E-state index contributed by atoms with van der Waals surface area (Å²) in [4.78, 5) is 20.4. The van der Waals surface area contributed by atoms with Gasteiger partial charge in [-0.1, -0.05) is 0 Å². The Bertz CT molecular complexity index is 353. The molecule has 16 heavy (non-hydrogen) atoms. The first-order valence-corrected chi connectivity index (χ1v) is 4.83. The van der Waals surface area contributed by atoms with Crippen LogP contribution in [0, 0.1) is 0 Å². The average molecular weight is 225 g/mol. The van der Waals surface area contributed by atoms with Gasteiger partial charge in [-0.2, -0.15) is 0 Å². The van der Waals surface area contributed by atoms with E-state index in [1.165, 1.54) is 12.4 Å². The summed E-state index contributed by atoms with van der Waals surface area (Å²) in [6, 6.07) is 0.126. The predicted molar refractivity (Wildman–Crippen MR) is 58.7 cm³/mol. The molecule has 0 fully saturated rings. The van der Waals surface area contributed by atoms with Crippen molar-refractivity contribution in [2.45, 2.75) is 13.0 Å². The van der Waals surface area contributed by atoms with Crippen LogP contribution in [0.15, 0.2) is 12.4 Å². The molecule has 1 unspecified atom stereocenters. The minimum absolute atomic E-state index is 0.0801. The number of carboxylic acid groups (broad SMARTS) is 1. The van der Waals surface area contributed by atoms with E-state index < -0.39 is 5.97 Å². The number of carbonyl (C=O) groups is 1. The molecule has 6 heteroatoms. The number of aromatic nitrogens is 2. The maximum atomic E-state index is 10.6. The second-order valence-corrected chi connectivity index (χ2v) is 3.49. The van der Waals surface area contributed by atoms with E-state index in [-0.39, 0.29) is 11.6 Å². The number of aromatic carboxylic acids is 1. The standard InChI is InChI=1S/C10H15N3O3/c1-7(6-16-3)13(2)10-11-4-8(5-12-10)9(14)15/h4-5,7H,6H2,1-3H3,(H,14,15). The lowest BCUT2D eigenvalue weighted by Crippen LogP contribution is -2.33. The maximum Gasteiger partial charge on any atom is 0.338 e. The third-order valence-electron chi connectivity index (χ3n) is 2.27. The van der Waals surface area contributed by atoms with E-state index in [9.17, 15) is 4.79 Å². The summed E-state index contributed by atoms with van der Waals surface area (Å²) in [5.74, 6) is -0.548. The highest BCUT2D eigenvalue weighted by molar-refractivity contribution is 5.86. The largest absolute Gasteiger partial charge is 0.478 e. The number of ether oxygens (including phenoxy) is 1. The highest BCUT2D eigenvalue weighted by Gasteiger charge is 2.13. The van der Waals surface area contributed by atoms with Crippen molar-refractivity contribution in [1.82, 2.24) is 9.97 Å². The zero-order chi connectivity index (χ0) is 12.1. The van der Waals surface area contributed by atoms with Crippen molar-refractivity contribution in [2.24, 2.45) is 0 Å². The molecule has 0 aromatic carbocycles. The van der Waals surface area contributed by atoms with Crippen molar-refractivity contribution in [2.75, 3.05) is 25.7 Å². The van der Waals surface area contributed by atoms with Crippen LogP contribution in [0.2, 0.25) is 0 Å². The third-order valence-corrected chi connectivity index (χ3v) is 2.27. The fourth-order valence-corrected chi connectivity index (χ4v) is 1.16. The van der Waals surface area contributed by atoms with Crippen molar-refractivity contribution < 1.29 is 14.6 Å². The summed E-state index contributed by atoms with van der Waals surface area (Å²) in [7, 11) is 3.46. The monoisotopic (exact) mass is 225 g/mol. The molecule has 0 aliphatic carbocycles. The molecule has 1 atom stereocenters. The quantitative estimate of drug-likeness (QED) is 0.792. The Labute approximate surface area is 93.9 Å². The second kappa shape index (κ2) is 5.41. The Hall–Kier alpha value is -1.69. The highest BCUT2D eigenvalue weighted by Crippen LogP contribution is 2.08. The average Bonchev–Trinajstić information content (AvgIpc) is 2.28. The van der Waals surface area contributed by atoms with E-state index in [1.807, 2.05) is 18.9 Å². The van der Waals surface area contributed by atoms with Crippen LogP contribution in [0.25, 0.3) is 0 Å². The lowest BCUT2D eigenvalue weighted by atomic mass is 10.3. The Morgan fingerprint density at radius 3 is 2.56 bits per heavy atom. The smallest absolute Gasteiger partial charge is 0.338 e. The first kappa shape index (κ1) is 12.4. The van der Waals surface area contributed by atoms with Gasteiger partial charge in [0.2, 0.25) is 5.95 Å². The Morgan fingerprint density at radius 2 is 2.12 bits per heavy atom. The molecule has 6 nitrogen and oxygen atoms in total. The van der Waals surface area contributed by atoms with Gasteiger partial charge in [0.1, 0.15) is 0 Å². The van der Waals surface area contributed by atoms with Gasteiger partial charge in [0.25, 0.3) is 0 Å². The minimum Gasteiger partial charge on any atom is -0.478 e. The Morgan fingerprint density at radius 1 is 1.56 bits per heavy atom. The maximum absolute atomic E-state index is 10.6. The molecule has 0 aliphatic rings. The molecule has 0 saturated carbocycles. The van der Waals surface area contributed by atoms with Crippen LogP contribution in [0.5, 0.6) is 0 Å². The van der Waals surface area contributed by atoms with Crippen LogP contribution in [0.1, 0.15) is 17.3 Å². The molecular weight excluding hydrogens is 210 g/mol. The van der Waals surface area contributed by atoms with Crippen molar-refractivity contribution in [3.8, 4) is 0 Å². The molecular formula is C10H15N3O3. The number of methoxy groups -OCH3 is 1. The third kappa shape index (κ3) is 2.90. The van der Waals surface area contributed by atoms with E-state index in [4.69, 9.17) is 9.84 Å². The van der Waals surface area contributed by atoms with Crippen molar-refractivity contribution in [1.29, 1.82) is 0 Å². The van der Waals surface area contributed by atoms with Crippen LogP contribution in [0.4, 0.5) is 5.95 Å². The number of likely N-dealkylation sites (N-methyl/N-ethyl adjacent to an activating group) is 1. The molecule has 0 amide bonds. The van der Waals surface area contributed by atoms with Crippen LogP contribution in [-0.4, -0.2) is 47.8 Å². The zero-order valence-electron chi connectivity index (χ0n) is 9.54. The minimum atomic E-state index is -1.03. The second-order valence-electron chi connectivity index (χ2n) is 3.49. The summed E-state index contributed by atoms with van der Waals surface area (Å²) in [6.07, 6.45) is 2.58. The van der Waals surface area contributed by atoms with Gasteiger partial charge in [0.15, 0.2) is 0 Å². The number of hydrogen-bond donors (Lipinski definition) is 1. The van der Waals surface area contributed by atoms with Gasteiger partial charge in [-0.3, -0.25) is 0 Å². The van der Waals surface area contributed by atoms with E-state index in [0.29, 0.717) is 12.6 Å². The van der Waals surface area contributed by atoms with E-state index >= 15 is 0 Å². The van der Waals surface area contributed by atoms with Gasteiger partial charge in [-0.15, -0.1) is 0 Å². The predicted octanol–water partition coefficient (Wildman–Crippen LogP) is 0.646. The Balaban J connectivity index is 2.77. The first-order chi connectivity index (χ1) is 7.56. The molecule has 1 N–H and O–H groups in total. The van der Waals surface area contributed by atoms with Crippen LogP contribution in [-0.2, 0) is 4.74 Å². The fourth-order valence-electron chi connectivity index (χ4n) is 1.16. The van der Waals surface area contributed by atoms with Gasteiger partial charge in [0.05, 0.1) is 18.2 Å². The number of carboxylic acids is 1. The van der Waals surface area contributed by atoms with Gasteiger partial charge < -0.3 is 14.7 Å². The normalized spacial score (nSPS) is 12.2. The van der Waals surface area contributed by atoms with Crippen molar-refractivity contribution in [3.05, 3.63) is 18.0 Å². The summed E-state index contributed by atoms with van der Waals surface area (Å²) < 4.78 is 5.02. The number of rotatable bonds is 5. The molecule has 0 radical (unpaired) electrons. The van der Waals surface area contributed by atoms with Gasteiger partial charge in [-0.05, 0) is 6.92 Å². The highest BCUT2D eigenvalue weighted by atomic mass is 16.5. The van der Waals surface area contributed by atoms with Crippen molar-refractivity contribution >= 4 is 11.9 Å². The van der Waals surface area contributed by atoms with E-state index in [2.05, 4.69) is 9.97 Å². The van der Waals surface area contributed by atoms with E-state index in [0.717, 1.165) is 0 Å². The summed E-state index contributed by atoms with van der Waals surface area (Å²) in [5.41, 5.74) is 0.0801. The van der Waals surface area contributed by atoms with Crippen LogP contribution < -0.4 is 4.90 Å². The number of anilines is 1. The van der Waals surface area contributed by atoms with Crippen molar-refractivity contribution in [3.63, 3.8) is 0 Å². The summed E-state index contributed by atoms with van der Waals surface area (Å²) in [6.45, 7) is 2.53. The lowest BCUT2D eigenvalue weighted by molar-refractivity contribution is 0.0696. The van der Waals surface area contributed by atoms with Gasteiger partial charge in [-0.25, -0.2) is 14.8 Å². The lowest BCUT2D eigenvalue weighted by Gasteiger charge is -2.23. The molecule has 0 saturated heterocycles. The van der Waals surface area contributed by atoms with Gasteiger partial charge >= 0.3 is 5.97 Å². The molecule has 88 valence electrons. The summed E-state index contributed by atoms with van der Waals surface area (Å²) >= 11 is 0. The van der Waals surface area contributed by atoms with Crippen LogP contribution >= 0.6 is 0 Å². The number of nitrogens with zero attached hydrogens (tertiary/aromatic N) is 3. The number of hydrogen-bond acceptors (Lipinski definition) is 5. The van der Waals surface area contributed by atoms with E-state index in [1.54, 1.807) is 7.11 Å². The molecule has 0 aliphatic heterocycles. The fraction of sp³-hybridized carbons (Fsp3) is 0.500. The SMILES string of the molecule is COCC(C)N(C)c1ncc(C(=O)O)cn1. The first-order valence-electron chi connectivity index (χ1n) is 4.83. The summed E-state index contributed by atoms with van der Waals surface area (Å²) in [5, 5.41) is 8.69. The molecule has 0 bridgehead atoms. The molecule has 1 aromatic heterocycles. The topological polar surface area (TPSA) is 75.5 Å². The molecule has 0 spiro atoms. The molecule has 1 heterocycles. The van der Waals surface area contributed by atoms with Crippen LogP contribution in [0.3, 0.4) is 0 Å².